The minimum absolute atomic E-state index is 0.0882. The van der Waals surface area contributed by atoms with E-state index in [-0.39, 0.29) is 23.2 Å². The first-order valence-corrected chi connectivity index (χ1v) is 7.10. The predicted octanol–water partition coefficient (Wildman–Crippen LogP) is 0.124. The van der Waals surface area contributed by atoms with Crippen LogP contribution >= 0.6 is 0 Å². The molecule has 1 unspecified atom stereocenters. The van der Waals surface area contributed by atoms with Gasteiger partial charge in [-0.1, -0.05) is 6.92 Å². The minimum atomic E-state index is -3.68. The number of hydrogen-bond acceptors (Lipinski definition) is 6. The molecule has 0 aromatic carbocycles. The normalized spacial score (nSPS) is 13.2. The molecule has 2 N–H and O–H groups in total. The molecule has 0 saturated carbocycles. The molecule has 0 fully saturated rings. The van der Waals surface area contributed by atoms with Gasteiger partial charge in [-0.15, -0.1) is 0 Å². The molecule has 0 radical (unpaired) electrons. The van der Waals surface area contributed by atoms with E-state index in [0.29, 0.717) is 6.54 Å². The van der Waals surface area contributed by atoms with Gasteiger partial charge in [-0.25, -0.2) is 13.1 Å². The van der Waals surface area contributed by atoms with Gasteiger partial charge < -0.3 is 15.4 Å². The Kier molecular flexibility index (Phi) is 5.33. The average molecular weight is 288 g/mol. The third-order valence-corrected chi connectivity index (χ3v) is 3.80. The molecule has 1 aromatic heterocycles. The molecule has 0 saturated heterocycles. The van der Waals surface area contributed by atoms with Crippen LogP contribution in [0.4, 0.5) is 5.82 Å². The summed E-state index contributed by atoms with van der Waals surface area (Å²) in [4.78, 5) is 13.1. The molecule has 1 aromatic rings. The standard InChI is InChI=1S/C10H16N4O4S/c1-8(5-11-2)6-13-19(17,18)9-3-4-10(12-7-9)14(15)16/h3-4,7-8,11,13H,5-6H2,1-2H3. The zero-order chi connectivity index (χ0) is 14.5. The highest BCUT2D eigenvalue weighted by Gasteiger charge is 2.18. The molecule has 0 aliphatic rings. The summed E-state index contributed by atoms with van der Waals surface area (Å²) >= 11 is 0. The molecule has 0 bridgehead atoms. The van der Waals surface area contributed by atoms with E-state index in [1.807, 2.05) is 6.92 Å². The van der Waals surface area contributed by atoms with Gasteiger partial charge in [0.1, 0.15) is 4.90 Å². The fourth-order valence-electron chi connectivity index (χ4n) is 1.40. The zero-order valence-electron chi connectivity index (χ0n) is 10.7. The molecule has 1 heterocycles. The maximum atomic E-state index is 11.9. The van der Waals surface area contributed by atoms with E-state index in [0.717, 1.165) is 18.3 Å². The number of pyridine rings is 1. The van der Waals surface area contributed by atoms with Crippen LogP contribution in [-0.4, -0.2) is 38.5 Å². The lowest BCUT2D eigenvalue weighted by atomic mass is 10.2. The predicted molar refractivity (Wildman–Crippen MR) is 69.2 cm³/mol. The van der Waals surface area contributed by atoms with Crippen molar-refractivity contribution in [1.82, 2.24) is 15.0 Å². The van der Waals surface area contributed by atoms with Crippen LogP contribution in [0.3, 0.4) is 0 Å². The Morgan fingerprint density at radius 3 is 2.58 bits per heavy atom. The van der Waals surface area contributed by atoms with E-state index >= 15 is 0 Å². The number of rotatable bonds is 7. The number of hydrogen-bond donors (Lipinski definition) is 2. The van der Waals surface area contributed by atoms with Crippen LogP contribution in [0.25, 0.3) is 0 Å². The topological polar surface area (TPSA) is 114 Å². The summed E-state index contributed by atoms with van der Waals surface area (Å²) in [6, 6.07) is 2.22. The van der Waals surface area contributed by atoms with Crippen LogP contribution in [0, 0.1) is 16.0 Å². The lowest BCUT2D eigenvalue weighted by Gasteiger charge is -2.11. The van der Waals surface area contributed by atoms with E-state index in [9.17, 15) is 18.5 Å². The first kappa shape index (κ1) is 15.5. The molecule has 9 heteroatoms. The van der Waals surface area contributed by atoms with Gasteiger partial charge in [-0.05, 0) is 35.5 Å². The molecule has 0 aliphatic heterocycles. The van der Waals surface area contributed by atoms with Crippen molar-refractivity contribution in [1.29, 1.82) is 0 Å². The Bertz CT molecular complexity index is 529. The molecule has 0 amide bonds. The van der Waals surface area contributed by atoms with Crippen molar-refractivity contribution in [3.05, 3.63) is 28.4 Å². The Labute approximate surface area is 111 Å². The van der Waals surface area contributed by atoms with Crippen molar-refractivity contribution in [2.45, 2.75) is 11.8 Å². The maximum Gasteiger partial charge on any atom is 0.363 e. The van der Waals surface area contributed by atoms with Crippen molar-refractivity contribution < 1.29 is 13.3 Å². The summed E-state index contributed by atoms with van der Waals surface area (Å²) in [5.41, 5.74) is 0. The van der Waals surface area contributed by atoms with Crippen molar-refractivity contribution in [2.75, 3.05) is 20.1 Å². The highest BCUT2D eigenvalue weighted by molar-refractivity contribution is 7.89. The highest BCUT2D eigenvalue weighted by atomic mass is 32.2. The molecular weight excluding hydrogens is 272 g/mol. The van der Waals surface area contributed by atoms with Crippen molar-refractivity contribution in [3.63, 3.8) is 0 Å². The van der Waals surface area contributed by atoms with Gasteiger partial charge in [0.15, 0.2) is 6.20 Å². The largest absolute Gasteiger partial charge is 0.363 e. The molecule has 1 atom stereocenters. The third kappa shape index (κ3) is 4.54. The maximum absolute atomic E-state index is 11.9. The first-order chi connectivity index (χ1) is 8.86. The van der Waals surface area contributed by atoms with Gasteiger partial charge in [-0.3, -0.25) is 0 Å². The molecule has 1 rings (SSSR count). The van der Waals surface area contributed by atoms with E-state index in [4.69, 9.17) is 0 Å². The summed E-state index contributed by atoms with van der Waals surface area (Å²) in [7, 11) is -1.90. The van der Waals surface area contributed by atoms with E-state index < -0.39 is 14.9 Å². The second kappa shape index (κ2) is 6.55. The lowest BCUT2D eigenvalue weighted by molar-refractivity contribution is -0.389. The third-order valence-electron chi connectivity index (χ3n) is 2.39. The van der Waals surface area contributed by atoms with Crippen LogP contribution in [0.1, 0.15) is 6.92 Å². The van der Waals surface area contributed by atoms with Crippen LogP contribution < -0.4 is 10.0 Å². The Morgan fingerprint density at radius 2 is 2.11 bits per heavy atom. The number of aromatic nitrogens is 1. The molecule has 106 valence electrons. The molecule has 0 spiro atoms. The van der Waals surface area contributed by atoms with Gasteiger partial charge in [0.05, 0.1) is 0 Å². The minimum Gasteiger partial charge on any atom is -0.358 e. The Morgan fingerprint density at radius 1 is 1.42 bits per heavy atom. The quantitative estimate of drug-likeness (QED) is 0.544. The fourth-order valence-corrected chi connectivity index (χ4v) is 2.50. The van der Waals surface area contributed by atoms with Gasteiger partial charge >= 0.3 is 5.82 Å². The van der Waals surface area contributed by atoms with Gasteiger partial charge in [0.25, 0.3) is 0 Å². The SMILES string of the molecule is CNCC(C)CNS(=O)(=O)c1ccc([N+](=O)[O-])nc1. The summed E-state index contributed by atoms with van der Waals surface area (Å²) in [5.74, 6) is -0.256. The fraction of sp³-hybridized carbons (Fsp3) is 0.500. The number of sulfonamides is 1. The van der Waals surface area contributed by atoms with Crippen LogP contribution in [-0.2, 0) is 10.0 Å². The second-order valence-corrected chi connectivity index (χ2v) is 5.89. The molecular formula is C10H16N4O4S. The summed E-state index contributed by atoms with van der Waals surface area (Å²) < 4.78 is 26.2. The lowest BCUT2D eigenvalue weighted by Crippen LogP contribution is -2.32. The Hall–Kier alpha value is -1.58. The van der Waals surface area contributed by atoms with E-state index in [1.165, 1.54) is 0 Å². The summed E-state index contributed by atoms with van der Waals surface area (Å²) in [6.07, 6.45) is 0.975. The van der Waals surface area contributed by atoms with Crippen molar-refractivity contribution in [2.24, 2.45) is 5.92 Å². The monoisotopic (exact) mass is 288 g/mol. The summed E-state index contributed by atoms with van der Waals surface area (Å²) in [5, 5.41) is 13.4. The zero-order valence-corrected chi connectivity index (χ0v) is 11.5. The molecule has 8 nitrogen and oxygen atoms in total. The number of nitro groups is 1. The van der Waals surface area contributed by atoms with Crippen molar-refractivity contribution in [3.8, 4) is 0 Å². The Balaban J connectivity index is 2.74. The smallest absolute Gasteiger partial charge is 0.358 e. The van der Waals surface area contributed by atoms with E-state index in [1.54, 1.807) is 7.05 Å². The van der Waals surface area contributed by atoms with Gasteiger partial charge in [-0.2, -0.15) is 0 Å². The van der Waals surface area contributed by atoms with Crippen LogP contribution in [0.2, 0.25) is 0 Å². The van der Waals surface area contributed by atoms with E-state index in [2.05, 4.69) is 15.0 Å². The highest BCUT2D eigenvalue weighted by Crippen LogP contribution is 2.12. The van der Waals surface area contributed by atoms with Gasteiger partial charge in [0, 0.05) is 12.6 Å². The molecule has 0 aliphatic carbocycles. The molecule has 19 heavy (non-hydrogen) atoms. The van der Waals surface area contributed by atoms with Gasteiger partial charge in [0.2, 0.25) is 10.0 Å². The van der Waals surface area contributed by atoms with Crippen molar-refractivity contribution >= 4 is 15.8 Å². The average Bonchev–Trinajstić information content (AvgIpc) is 2.37. The van der Waals surface area contributed by atoms with Crippen LogP contribution in [0.15, 0.2) is 23.2 Å². The first-order valence-electron chi connectivity index (χ1n) is 5.61. The second-order valence-electron chi connectivity index (χ2n) is 4.12. The summed E-state index contributed by atoms with van der Waals surface area (Å²) in [6.45, 7) is 2.86. The number of nitrogens with one attached hydrogen (secondary N) is 2. The number of nitrogens with zero attached hydrogens (tertiary/aromatic N) is 2. The van der Waals surface area contributed by atoms with Crippen LogP contribution in [0.5, 0.6) is 0 Å².